The van der Waals surface area contributed by atoms with E-state index >= 15 is 0 Å². The molecule has 0 radical (unpaired) electrons. The van der Waals surface area contributed by atoms with Gasteiger partial charge in [-0.05, 0) is 41.8 Å². The quantitative estimate of drug-likeness (QED) is 0.282. The summed E-state index contributed by atoms with van der Waals surface area (Å²) in [5.41, 5.74) is 1.95. The van der Waals surface area contributed by atoms with Crippen molar-refractivity contribution in [2.45, 2.75) is 38.8 Å². The predicted molar refractivity (Wildman–Crippen MR) is 160 cm³/mol. The Morgan fingerprint density at radius 2 is 1.52 bits per heavy atom. The molecule has 0 aliphatic rings. The number of para-hydroxylation sites is 1. The molecule has 1 atom stereocenters. The van der Waals surface area contributed by atoms with Crippen LogP contribution in [-0.4, -0.2) is 62.7 Å². The fourth-order valence-corrected chi connectivity index (χ4v) is 5.47. The van der Waals surface area contributed by atoms with Gasteiger partial charge in [0.15, 0.2) is 0 Å². The highest BCUT2D eigenvalue weighted by atomic mass is 35.5. The zero-order valence-electron chi connectivity index (χ0n) is 23.2. The summed E-state index contributed by atoms with van der Waals surface area (Å²) >= 11 is 6.25. The molecule has 1 N–H and O–H groups in total. The van der Waals surface area contributed by atoms with Crippen molar-refractivity contribution in [1.82, 2.24) is 14.5 Å². The molecule has 2 amide bonds. The number of rotatable bonds is 14. The second-order valence-electron chi connectivity index (χ2n) is 9.63. The number of nitrogens with zero attached hydrogens (tertiary/aromatic N) is 3. The van der Waals surface area contributed by atoms with Crippen LogP contribution in [0.4, 0.5) is 5.69 Å². The molecular formula is C30H37ClN4O4S. The summed E-state index contributed by atoms with van der Waals surface area (Å²) in [4.78, 5) is 29.2. The van der Waals surface area contributed by atoms with Crippen LogP contribution in [0.5, 0.6) is 0 Å². The number of unbranched alkanes of at least 4 members (excludes halogenated alkanes) is 1. The monoisotopic (exact) mass is 584 g/mol. The van der Waals surface area contributed by atoms with Crippen molar-refractivity contribution < 1.29 is 18.0 Å². The number of benzene rings is 3. The highest BCUT2D eigenvalue weighted by molar-refractivity contribution is 7.90. The van der Waals surface area contributed by atoms with Gasteiger partial charge in [0.1, 0.15) is 12.6 Å². The lowest BCUT2D eigenvalue weighted by atomic mass is 10.0. The minimum atomic E-state index is -4.03. The van der Waals surface area contributed by atoms with Crippen LogP contribution in [0.15, 0.2) is 84.9 Å². The van der Waals surface area contributed by atoms with Crippen LogP contribution in [-0.2, 0) is 32.8 Å². The fourth-order valence-electron chi connectivity index (χ4n) is 4.20. The van der Waals surface area contributed by atoms with Gasteiger partial charge in [-0.1, -0.05) is 85.6 Å². The number of nitrogens with one attached hydrogen (secondary N) is 1. The summed E-state index contributed by atoms with van der Waals surface area (Å²) in [5, 5.41) is 3.47. The average Bonchev–Trinajstić information content (AvgIpc) is 2.94. The van der Waals surface area contributed by atoms with Gasteiger partial charge in [-0.25, -0.2) is 4.31 Å². The number of hydrogen-bond donors (Lipinski definition) is 1. The van der Waals surface area contributed by atoms with E-state index in [1.165, 1.54) is 19.0 Å². The van der Waals surface area contributed by atoms with Gasteiger partial charge in [-0.2, -0.15) is 12.7 Å². The molecule has 0 unspecified atom stereocenters. The van der Waals surface area contributed by atoms with Crippen LogP contribution >= 0.6 is 11.6 Å². The first-order chi connectivity index (χ1) is 19.1. The third kappa shape index (κ3) is 8.55. The molecule has 3 aromatic rings. The molecule has 0 saturated carbocycles. The van der Waals surface area contributed by atoms with Gasteiger partial charge in [-0.15, -0.1) is 0 Å². The molecular weight excluding hydrogens is 548 g/mol. The van der Waals surface area contributed by atoms with Crippen LogP contribution in [0.25, 0.3) is 0 Å². The van der Waals surface area contributed by atoms with Crippen molar-refractivity contribution in [3.63, 3.8) is 0 Å². The van der Waals surface area contributed by atoms with E-state index in [1.807, 2.05) is 43.3 Å². The number of hydrogen-bond acceptors (Lipinski definition) is 4. The Bertz CT molecular complexity index is 1350. The standard InChI is InChI=1S/C30H37ClN4O4S/c1-4-5-19-32-30(37)28(21-24-13-8-6-9-14-24)34(22-25-15-12-16-26(31)20-25)29(36)23-35(40(38,39)33(2)3)27-17-10-7-11-18-27/h6-18,20,28H,4-5,19,21-23H2,1-3H3,(H,32,37)/t28-/m1/s1. The molecule has 3 rings (SSSR count). The van der Waals surface area contributed by atoms with Crippen molar-refractivity contribution in [3.05, 3.63) is 101 Å². The first-order valence-electron chi connectivity index (χ1n) is 13.2. The van der Waals surface area contributed by atoms with E-state index < -0.39 is 28.7 Å². The van der Waals surface area contributed by atoms with E-state index in [2.05, 4.69) is 5.32 Å². The van der Waals surface area contributed by atoms with Crippen LogP contribution in [0.3, 0.4) is 0 Å². The Labute approximate surface area is 242 Å². The fraction of sp³-hybridized carbons (Fsp3) is 0.333. The van der Waals surface area contributed by atoms with Gasteiger partial charge in [0.05, 0.1) is 5.69 Å². The normalized spacial score (nSPS) is 12.1. The van der Waals surface area contributed by atoms with E-state index in [4.69, 9.17) is 11.6 Å². The summed E-state index contributed by atoms with van der Waals surface area (Å²) in [5.74, 6) is -0.810. The minimum absolute atomic E-state index is 0.0722. The molecule has 0 aromatic heterocycles. The molecule has 10 heteroatoms. The number of carbonyl (C=O) groups is 2. The van der Waals surface area contributed by atoms with Gasteiger partial charge >= 0.3 is 10.2 Å². The largest absolute Gasteiger partial charge is 0.354 e. The van der Waals surface area contributed by atoms with Gasteiger partial charge in [0.25, 0.3) is 0 Å². The van der Waals surface area contributed by atoms with Crippen molar-refractivity contribution in [3.8, 4) is 0 Å². The minimum Gasteiger partial charge on any atom is -0.354 e. The average molecular weight is 585 g/mol. The highest BCUT2D eigenvalue weighted by Gasteiger charge is 2.34. The van der Waals surface area contributed by atoms with Crippen molar-refractivity contribution >= 4 is 39.3 Å². The van der Waals surface area contributed by atoms with Crippen LogP contribution in [0.2, 0.25) is 5.02 Å². The van der Waals surface area contributed by atoms with E-state index in [0.29, 0.717) is 17.3 Å². The summed E-state index contributed by atoms with van der Waals surface area (Å²) in [7, 11) is -1.19. The van der Waals surface area contributed by atoms with Gasteiger partial charge in [0.2, 0.25) is 11.8 Å². The van der Waals surface area contributed by atoms with E-state index in [-0.39, 0.29) is 18.9 Å². The second-order valence-corrected chi connectivity index (χ2v) is 12.1. The molecule has 0 heterocycles. The summed E-state index contributed by atoms with van der Waals surface area (Å²) in [6, 6.07) is 24.1. The molecule has 0 fully saturated rings. The first kappa shape index (κ1) is 31.1. The summed E-state index contributed by atoms with van der Waals surface area (Å²) in [6.07, 6.45) is 1.97. The third-order valence-corrected chi connectivity index (χ3v) is 8.46. The Hall–Kier alpha value is -3.40. The Morgan fingerprint density at radius 3 is 2.12 bits per heavy atom. The second kappa shape index (κ2) is 14.8. The SMILES string of the molecule is CCCCNC(=O)[C@@H](Cc1ccccc1)N(Cc1cccc(Cl)c1)C(=O)CN(c1ccccc1)S(=O)(=O)N(C)C. The third-order valence-electron chi connectivity index (χ3n) is 6.41. The molecule has 0 bridgehead atoms. The van der Waals surface area contributed by atoms with Gasteiger partial charge in [-0.3, -0.25) is 9.59 Å². The zero-order chi connectivity index (χ0) is 29.1. The van der Waals surface area contributed by atoms with Gasteiger partial charge in [0, 0.05) is 38.6 Å². The Balaban J connectivity index is 2.05. The lowest BCUT2D eigenvalue weighted by Crippen LogP contribution is -2.54. The molecule has 0 aliphatic heterocycles. The molecule has 214 valence electrons. The topological polar surface area (TPSA) is 90.0 Å². The first-order valence-corrected chi connectivity index (χ1v) is 15.0. The maximum Gasteiger partial charge on any atom is 0.304 e. The summed E-state index contributed by atoms with van der Waals surface area (Å²) < 4.78 is 28.8. The summed E-state index contributed by atoms with van der Waals surface area (Å²) in [6.45, 7) is 2.10. The maximum absolute atomic E-state index is 14.1. The highest BCUT2D eigenvalue weighted by Crippen LogP contribution is 2.22. The van der Waals surface area contributed by atoms with E-state index in [9.17, 15) is 18.0 Å². The Morgan fingerprint density at radius 1 is 0.900 bits per heavy atom. The van der Waals surface area contributed by atoms with Crippen molar-refractivity contribution in [2.75, 3.05) is 31.5 Å². The smallest absolute Gasteiger partial charge is 0.304 e. The van der Waals surface area contributed by atoms with Gasteiger partial charge < -0.3 is 10.2 Å². The van der Waals surface area contributed by atoms with E-state index in [0.717, 1.165) is 32.6 Å². The number of carbonyl (C=O) groups excluding carboxylic acids is 2. The van der Waals surface area contributed by atoms with Crippen LogP contribution in [0.1, 0.15) is 30.9 Å². The Kier molecular flexibility index (Phi) is 11.5. The lowest BCUT2D eigenvalue weighted by molar-refractivity contribution is -0.140. The molecule has 0 spiro atoms. The molecule has 8 nitrogen and oxygen atoms in total. The number of anilines is 1. The maximum atomic E-state index is 14.1. The zero-order valence-corrected chi connectivity index (χ0v) is 24.7. The van der Waals surface area contributed by atoms with Crippen LogP contribution < -0.4 is 9.62 Å². The van der Waals surface area contributed by atoms with Crippen LogP contribution in [0, 0.1) is 0 Å². The lowest BCUT2D eigenvalue weighted by Gasteiger charge is -2.34. The predicted octanol–water partition coefficient (Wildman–Crippen LogP) is 4.51. The molecule has 0 saturated heterocycles. The molecule has 0 aliphatic carbocycles. The molecule has 40 heavy (non-hydrogen) atoms. The van der Waals surface area contributed by atoms with E-state index in [1.54, 1.807) is 48.5 Å². The van der Waals surface area contributed by atoms with Crippen molar-refractivity contribution in [1.29, 1.82) is 0 Å². The number of amides is 2. The number of halogens is 1. The molecule has 3 aromatic carbocycles. The van der Waals surface area contributed by atoms with Crippen molar-refractivity contribution in [2.24, 2.45) is 0 Å².